The molecular weight excluding hydrogens is 312 g/mol. The number of piperazine rings is 1. The molecule has 1 unspecified atom stereocenters. The van der Waals surface area contributed by atoms with Crippen molar-refractivity contribution in [1.29, 1.82) is 0 Å². The molecule has 1 aromatic carbocycles. The van der Waals surface area contributed by atoms with Gasteiger partial charge in [-0.2, -0.15) is 0 Å². The van der Waals surface area contributed by atoms with Gasteiger partial charge in [-0.3, -0.25) is 9.59 Å². The van der Waals surface area contributed by atoms with Gasteiger partial charge in [-0.05, 0) is 34.5 Å². The average molecular weight is 327 g/mol. The highest BCUT2D eigenvalue weighted by Crippen LogP contribution is 2.27. The van der Waals surface area contributed by atoms with Crippen LogP contribution in [0.1, 0.15) is 12.8 Å². The summed E-state index contributed by atoms with van der Waals surface area (Å²) in [7, 11) is 0. The van der Waals surface area contributed by atoms with Crippen LogP contribution in [0.2, 0.25) is 0 Å². The highest BCUT2D eigenvalue weighted by atomic mass is 79.9. The summed E-state index contributed by atoms with van der Waals surface area (Å²) >= 11 is 3.43. The van der Waals surface area contributed by atoms with Gasteiger partial charge in [0.2, 0.25) is 5.91 Å². The number of hydrogen-bond donors (Lipinski definition) is 2. The summed E-state index contributed by atoms with van der Waals surface area (Å²) in [5.74, 6) is -0.952. The lowest BCUT2D eigenvalue weighted by atomic mass is 10.1. The largest absolute Gasteiger partial charge is 0.481 e. The minimum atomic E-state index is -0.882. The molecule has 2 rings (SSSR count). The Hall–Kier alpha value is -1.40. The zero-order valence-corrected chi connectivity index (χ0v) is 11.9. The zero-order chi connectivity index (χ0) is 13.8. The lowest BCUT2D eigenvalue weighted by Gasteiger charge is -2.33. The molecule has 1 heterocycles. The number of amides is 1. The van der Waals surface area contributed by atoms with Crippen molar-refractivity contribution in [3.8, 4) is 0 Å². The summed E-state index contributed by atoms with van der Waals surface area (Å²) in [5.41, 5.74) is 0.828. The first-order valence-corrected chi connectivity index (χ1v) is 6.90. The van der Waals surface area contributed by atoms with Crippen LogP contribution in [0, 0.1) is 0 Å². The van der Waals surface area contributed by atoms with Crippen molar-refractivity contribution < 1.29 is 14.7 Å². The van der Waals surface area contributed by atoms with Gasteiger partial charge in [0.05, 0.1) is 11.7 Å². The van der Waals surface area contributed by atoms with Gasteiger partial charge in [0.15, 0.2) is 0 Å². The van der Waals surface area contributed by atoms with Crippen molar-refractivity contribution >= 4 is 33.5 Å². The maximum Gasteiger partial charge on any atom is 0.303 e. The quantitative estimate of drug-likeness (QED) is 0.882. The van der Waals surface area contributed by atoms with Crippen LogP contribution in [0.5, 0.6) is 0 Å². The molecule has 0 aromatic heterocycles. The second kappa shape index (κ2) is 6.16. The van der Waals surface area contributed by atoms with Crippen LogP contribution in [0.25, 0.3) is 0 Å². The van der Waals surface area contributed by atoms with E-state index in [9.17, 15) is 9.59 Å². The van der Waals surface area contributed by atoms with E-state index in [1.807, 2.05) is 24.3 Å². The maximum absolute atomic E-state index is 12.3. The van der Waals surface area contributed by atoms with E-state index in [0.29, 0.717) is 19.5 Å². The standard InChI is InChI=1S/C13H15BrN2O3/c14-9-3-1-2-4-11(9)16-8-7-15-10(13(16)19)5-6-12(17)18/h1-4,10,15H,5-8H2,(H,17,18). The predicted octanol–water partition coefficient (Wildman–Crippen LogP) is 1.62. The Kier molecular flexibility index (Phi) is 4.55. The fourth-order valence-corrected chi connectivity index (χ4v) is 2.64. The number of aliphatic carboxylic acids is 1. The molecule has 0 saturated carbocycles. The molecule has 1 amide bonds. The molecule has 0 radical (unpaired) electrons. The van der Waals surface area contributed by atoms with Crippen LogP contribution in [0.15, 0.2) is 28.7 Å². The van der Waals surface area contributed by atoms with E-state index < -0.39 is 12.0 Å². The summed E-state index contributed by atoms with van der Waals surface area (Å²) < 4.78 is 0.863. The lowest BCUT2D eigenvalue weighted by molar-refractivity contribution is -0.137. The number of hydrogen-bond acceptors (Lipinski definition) is 3. The number of carbonyl (C=O) groups is 2. The third kappa shape index (κ3) is 3.33. The normalized spacial score (nSPS) is 19.5. The molecule has 1 aromatic rings. The average Bonchev–Trinajstić information content (AvgIpc) is 2.38. The number of nitrogens with zero attached hydrogens (tertiary/aromatic N) is 1. The van der Waals surface area contributed by atoms with Gasteiger partial charge in [0.25, 0.3) is 0 Å². The van der Waals surface area contributed by atoms with E-state index in [-0.39, 0.29) is 12.3 Å². The van der Waals surface area contributed by atoms with E-state index in [4.69, 9.17) is 5.11 Å². The van der Waals surface area contributed by atoms with E-state index in [1.165, 1.54) is 0 Å². The molecule has 1 atom stereocenters. The van der Waals surface area contributed by atoms with Crippen molar-refractivity contribution in [2.24, 2.45) is 0 Å². The number of rotatable bonds is 4. The summed E-state index contributed by atoms with van der Waals surface area (Å²) in [4.78, 5) is 24.6. The first kappa shape index (κ1) is 14.0. The van der Waals surface area contributed by atoms with Crippen molar-refractivity contribution in [3.05, 3.63) is 28.7 Å². The molecule has 2 N–H and O–H groups in total. The number of anilines is 1. The fourth-order valence-electron chi connectivity index (χ4n) is 2.14. The van der Waals surface area contributed by atoms with E-state index in [0.717, 1.165) is 10.2 Å². The SMILES string of the molecule is O=C(O)CCC1NCCN(c2ccccc2Br)C1=O. The number of benzene rings is 1. The molecule has 5 nitrogen and oxygen atoms in total. The molecule has 19 heavy (non-hydrogen) atoms. The number of halogens is 1. The molecular formula is C13H15BrN2O3. The molecule has 0 spiro atoms. The minimum absolute atomic E-state index is 0.00674. The number of carbonyl (C=O) groups excluding carboxylic acids is 1. The first-order chi connectivity index (χ1) is 9.09. The highest BCUT2D eigenvalue weighted by molar-refractivity contribution is 9.10. The van der Waals surface area contributed by atoms with Crippen molar-refractivity contribution in [2.45, 2.75) is 18.9 Å². The summed E-state index contributed by atoms with van der Waals surface area (Å²) in [5, 5.41) is 11.8. The van der Waals surface area contributed by atoms with Crippen LogP contribution in [-0.2, 0) is 9.59 Å². The molecule has 1 fully saturated rings. The summed E-state index contributed by atoms with van der Waals surface area (Å²) in [6.45, 7) is 1.25. The van der Waals surface area contributed by atoms with Crippen LogP contribution in [0.3, 0.4) is 0 Å². The maximum atomic E-state index is 12.3. The van der Waals surface area contributed by atoms with Gasteiger partial charge in [0.1, 0.15) is 0 Å². The topological polar surface area (TPSA) is 69.6 Å². The third-order valence-electron chi connectivity index (χ3n) is 3.08. The van der Waals surface area contributed by atoms with Gasteiger partial charge in [-0.1, -0.05) is 12.1 Å². The Morgan fingerprint density at radius 1 is 1.47 bits per heavy atom. The van der Waals surface area contributed by atoms with E-state index in [2.05, 4.69) is 21.2 Å². The van der Waals surface area contributed by atoms with Gasteiger partial charge < -0.3 is 15.3 Å². The lowest BCUT2D eigenvalue weighted by Crippen LogP contribution is -2.55. The molecule has 0 bridgehead atoms. The van der Waals surface area contributed by atoms with E-state index in [1.54, 1.807) is 4.90 Å². The van der Waals surface area contributed by atoms with Gasteiger partial charge >= 0.3 is 5.97 Å². The van der Waals surface area contributed by atoms with Crippen molar-refractivity contribution in [3.63, 3.8) is 0 Å². The van der Waals surface area contributed by atoms with Gasteiger partial charge in [-0.25, -0.2) is 0 Å². The Labute approximate surface area is 119 Å². The fraction of sp³-hybridized carbons (Fsp3) is 0.385. The first-order valence-electron chi connectivity index (χ1n) is 6.10. The third-order valence-corrected chi connectivity index (χ3v) is 3.75. The van der Waals surface area contributed by atoms with Crippen LogP contribution in [0.4, 0.5) is 5.69 Å². The Balaban J connectivity index is 2.12. The van der Waals surface area contributed by atoms with Crippen LogP contribution >= 0.6 is 15.9 Å². The molecule has 0 aliphatic carbocycles. The molecule has 6 heteroatoms. The van der Waals surface area contributed by atoms with Crippen LogP contribution in [-0.4, -0.2) is 36.1 Å². The molecule has 1 aliphatic heterocycles. The molecule has 1 saturated heterocycles. The Morgan fingerprint density at radius 2 is 2.21 bits per heavy atom. The van der Waals surface area contributed by atoms with Crippen molar-refractivity contribution in [1.82, 2.24) is 5.32 Å². The van der Waals surface area contributed by atoms with Gasteiger partial charge in [-0.15, -0.1) is 0 Å². The molecule has 102 valence electrons. The number of nitrogens with one attached hydrogen (secondary N) is 1. The number of carboxylic acids is 1. The van der Waals surface area contributed by atoms with Crippen molar-refractivity contribution in [2.75, 3.05) is 18.0 Å². The molecule has 1 aliphatic rings. The van der Waals surface area contributed by atoms with Crippen LogP contribution < -0.4 is 10.2 Å². The second-order valence-corrected chi connectivity index (χ2v) is 5.23. The summed E-state index contributed by atoms with van der Waals surface area (Å²) in [6.07, 6.45) is 0.308. The van der Waals surface area contributed by atoms with Gasteiger partial charge in [0, 0.05) is 24.0 Å². The number of carboxylic acid groups (broad SMARTS) is 1. The predicted molar refractivity (Wildman–Crippen MR) is 75.2 cm³/mol. The summed E-state index contributed by atoms with van der Waals surface area (Å²) in [6, 6.07) is 7.11. The minimum Gasteiger partial charge on any atom is -0.481 e. The van der Waals surface area contributed by atoms with E-state index >= 15 is 0 Å². The number of para-hydroxylation sites is 1. The monoisotopic (exact) mass is 326 g/mol. The second-order valence-electron chi connectivity index (χ2n) is 4.38. The Morgan fingerprint density at radius 3 is 2.89 bits per heavy atom. The zero-order valence-electron chi connectivity index (χ0n) is 10.3. The Bertz CT molecular complexity index is 493. The smallest absolute Gasteiger partial charge is 0.303 e. The highest BCUT2D eigenvalue weighted by Gasteiger charge is 2.30.